The van der Waals surface area contributed by atoms with Crippen LogP contribution in [0.15, 0.2) is 18.2 Å². The van der Waals surface area contributed by atoms with E-state index in [0.29, 0.717) is 5.92 Å². The Labute approximate surface area is 150 Å². The van der Waals surface area contributed by atoms with Crippen LogP contribution in [0.2, 0.25) is 0 Å². The van der Waals surface area contributed by atoms with Crippen molar-refractivity contribution in [1.29, 1.82) is 0 Å². The molecule has 3 atom stereocenters. The summed E-state index contributed by atoms with van der Waals surface area (Å²) in [5, 5.41) is 3.19. The van der Waals surface area contributed by atoms with Gasteiger partial charge in [-0.2, -0.15) is 0 Å². The smallest absolute Gasteiger partial charge is 0.223 e. The summed E-state index contributed by atoms with van der Waals surface area (Å²) in [4.78, 5) is 19.8. The fourth-order valence-corrected chi connectivity index (χ4v) is 4.27. The molecule has 1 saturated carbocycles. The Kier molecular flexibility index (Phi) is 5.04. The Hall–Kier alpha value is -1.46. The Morgan fingerprint density at radius 2 is 2.20 bits per heavy atom. The van der Waals surface area contributed by atoms with Crippen LogP contribution in [0.25, 0.3) is 0 Å². The van der Waals surface area contributed by atoms with Gasteiger partial charge in [0.25, 0.3) is 0 Å². The van der Waals surface area contributed by atoms with Crippen LogP contribution in [-0.4, -0.2) is 48.1 Å². The van der Waals surface area contributed by atoms with Gasteiger partial charge in [-0.15, -0.1) is 0 Å². The number of hydrogen-bond donors (Lipinski definition) is 1. The van der Waals surface area contributed by atoms with Crippen LogP contribution < -0.4 is 5.32 Å². The van der Waals surface area contributed by atoms with Crippen molar-refractivity contribution in [2.75, 3.05) is 26.2 Å². The molecule has 1 amide bonds. The van der Waals surface area contributed by atoms with E-state index in [1.165, 1.54) is 12.8 Å². The number of amides is 1. The van der Waals surface area contributed by atoms with Crippen LogP contribution in [0.3, 0.4) is 0 Å². The summed E-state index contributed by atoms with van der Waals surface area (Å²) in [6.07, 6.45) is 4.67. The SMILES string of the molecule is Cc1cccc(CN2CC[C@@H]3OCC[C@H](C(=O)NCC4CC4)[C@@H]3C2)n1. The molecule has 0 bridgehead atoms. The first-order valence-corrected chi connectivity index (χ1v) is 9.73. The van der Waals surface area contributed by atoms with Gasteiger partial charge >= 0.3 is 0 Å². The highest BCUT2D eigenvalue weighted by Crippen LogP contribution is 2.34. The lowest BCUT2D eigenvalue weighted by Crippen LogP contribution is -2.53. The highest BCUT2D eigenvalue weighted by atomic mass is 16.5. The third kappa shape index (κ3) is 4.21. The highest BCUT2D eigenvalue weighted by molar-refractivity contribution is 5.79. The normalized spacial score (nSPS) is 29.9. The molecule has 3 heterocycles. The fourth-order valence-electron chi connectivity index (χ4n) is 4.27. The molecule has 1 aliphatic carbocycles. The Morgan fingerprint density at radius 1 is 1.32 bits per heavy atom. The Balaban J connectivity index is 1.38. The second-order valence-corrected chi connectivity index (χ2v) is 7.95. The average Bonchev–Trinajstić information content (AvgIpc) is 3.43. The van der Waals surface area contributed by atoms with E-state index in [4.69, 9.17) is 4.74 Å². The molecule has 2 saturated heterocycles. The van der Waals surface area contributed by atoms with Gasteiger partial charge in [-0.3, -0.25) is 14.7 Å². The van der Waals surface area contributed by atoms with Crippen molar-refractivity contribution < 1.29 is 9.53 Å². The van der Waals surface area contributed by atoms with Crippen molar-refractivity contribution in [2.24, 2.45) is 17.8 Å². The summed E-state index contributed by atoms with van der Waals surface area (Å²) in [6, 6.07) is 6.20. The molecule has 3 aliphatic rings. The van der Waals surface area contributed by atoms with Gasteiger partial charge in [-0.25, -0.2) is 0 Å². The van der Waals surface area contributed by atoms with Gasteiger partial charge < -0.3 is 10.1 Å². The van der Waals surface area contributed by atoms with Crippen LogP contribution in [-0.2, 0) is 16.1 Å². The van der Waals surface area contributed by atoms with E-state index in [9.17, 15) is 4.79 Å². The number of ether oxygens (including phenoxy) is 1. The molecule has 0 aromatic carbocycles. The monoisotopic (exact) mass is 343 g/mol. The third-order valence-electron chi connectivity index (χ3n) is 5.88. The number of nitrogens with zero attached hydrogens (tertiary/aromatic N) is 2. The number of carbonyl (C=O) groups is 1. The lowest BCUT2D eigenvalue weighted by molar-refractivity contribution is -0.142. The minimum Gasteiger partial charge on any atom is -0.378 e. The number of fused-ring (bicyclic) bond motifs is 1. The number of carbonyl (C=O) groups excluding carboxylic acids is 1. The van der Waals surface area contributed by atoms with Crippen LogP contribution in [0.4, 0.5) is 0 Å². The molecule has 5 nitrogen and oxygen atoms in total. The van der Waals surface area contributed by atoms with Gasteiger partial charge in [0.05, 0.1) is 11.8 Å². The maximum atomic E-state index is 12.7. The number of aromatic nitrogens is 1. The molecular formula is C20H29N3O2. The number of hydrogen-bond acceptors (Lipinski definition) is 4. The average molecular weight is 343 g/mol. The number of likely N-dealkylation sites (tertiary alicyclic amines) is 1. The van der Waals surface area contributed by atoms with Gasteiger partial charge in [0.1, 0.15) is 0 Å². The molecule has 0 unspecified atom stereocenters. The first kappa shape index (κ1) is 17.0. The molecule has 25 heavy (non-hydrogen) atoms. The maximum Gasteiger partial charge on any atom is 0.223 e. The van der Waals surface area contributed by atoms with Crippen molar-refractivity contribution in [3.05, 3.63) is 29.6 Å². The van der Waals surface area contributed by atoms with Crippen molar-refractivity contribution in [3.63, 3.8) is 0 Å². The predicted octanol–water partition coefficient (Wildman–Crippen LogP) is 2.14. The van der Waals surface area contributed by atoms with Crippen molar-refractivity contribution in [1.82, 2.24) is 15.2 Å². The van der Waals surface area contributed by atoms with E-state index in [2.05, 4.69) is 27.3 Å². The van der Waals surface area contributed by atoms with E-state index in [-0.39, 0.29) is 17.9 Å². The largest absolute Gasteiger partial charge is 0.378 e. The minimum absolute atomic E-state index is 0.103. The van der Waals surface area contributed by atoms with Crippen LogP contribution in [0.1, 0.15) is 37.1 Å². The summed E-state index contributed by atoms with van der Waals surface area (Å²) in [5.74, 6) is 1.40. The van der Waals surface area contributed by atoms with Crippen molar-refractivity contribution in [3.8, 4) is 0 Å². The van der Waals surface area contributed by atoms with Gasteiger partial charge in [0.2, 0.25) is 5.91 Å². The zero-order valence-corrected chi connectivity index (χ0v) is 15.1. The summed E-state index contributed by atoms with van der Waals surface area (Å²) >= 11 is 0. The highest BCUT2D eigenvalue weighted by Gasteiger charge is 2.41. The van der Waals surface area contributed by atoms with Crippen LogP contribution in [0, 0.1) is 24.7 Å². The zero-order valence-electron chi connectivity index (χ0n) is 15.1. The Morgan fingerprint density at radius 3 is 3.00 bits per heavy atom. The summed E-state index contributed by atoms with van der Waals surface area (Å²) in [7, 11) is 0. The number of nitrogens with one attached hydrogen (secondary N) is 1. The number of aryl methyl sites for hydroxylation is 1. The summed E-state index contributed by atoms with van der Waals surface area (Å²) < 4.78 is 6.00. The fraction of sp³-hybridized carbons (Fsp3) is 0.700. The lowest BCUT2D eigenvalue weighted by Gasteiger charge is -2.44. The van der Waals surface area contributed by atoms with E-state index >= 15 is 0 Å². The van der Waals surface area contributed by atoms with Crippen LogP contribution in [0.5, 0.6) is 0 Å². The van der Waals surface area contributed by atoms with Crippen molar-refractivity contribution in [2.45, 2.75) is 45.3 Å². The molecule has 4 rings (SSSR count). The van der Waals surface area contributed by atoms with E-state index in [1.807, 2.05) is 13.0 Å². The Bertz CT molecular complexity index is 617. The zero-order chi connectivity index (χ0) is 17.2. The molecule has 1 aromatic rings. The molecule has 136 valence electrons. The molecule has 0 spiro atoms. The minimum atomic E-state index is 0.103. The topological polar surface area (TPSA) is 54.5 Å². The number of piperidine rings is 1. The first-order valence-electron chi connectivity index (χ1n) is 9.73. The second-order valence-electron chi connectivity index (χ2n) is 7.95. The van der Waals surface area contributed by atoms with E-state index in [0.717, 1.165) is 62.9 Å². The standard InChI is InChI=1S/C20H29N3O2/c1-14-3-2-4-16(22-14)12-23-9-7-19-18(13-23)17(8-10-25-19)20(24)21-11-15-5-6-15/h2-4,15,17-19H,5-13H2,1H3,(H,21,24)/t17-,18-,19-/m0/s1. The van der Waals surface area contributed by atoms with E-state index < -0.39 is 0 Å². The first-order chi connectivity index (χ1) is 12.2. The van der Waals surface area contributed by atoms with Gasteiger partial charge in [-0.1, -0.05) is 6.07 Å². The van der Waals surface area contributed by atoms with Gasteiger partial charge in [0.15, 0.2) is 0 Å². The second kappa shape index (κ2) is 7.42. The number of rotatable bonds is 5. The summed E-state index contributed by atoms with van der Waals surface area (Å²) in [5.41, 5.74) is 2.18. The summed E-state index contributed by atoms with van der Waals surface area (Å²) in [6.45, 7) is 6.44. The van der Waals surface area contributed by atoms with Crippen molar-refractivity contribution >= 4 is 5.91 Å². The number of pyridine rings is 1. The lowest BCUT2D eigenvalue weighted by atomic mass is 9.79. The molecule has 1 aromatic heterocycles. The van der Waals surface area contributed by atoms with Gasteiger partial charge in [0, 0.05) is 50.3 Å². The molecule has 0 radical (unpaired) electrons. The van der Waals surface area contributed by atoms with E-state index in [1.54, 1.807) is 0 Å². The molecule has 5 heteroatoms. The third-order valence-corrected chi connectivity index (χ3v) is 5.88. The van der Waals surface area contributed by atoms with Crippen LogP contribution >= 0.6 is 0 Å². The molecular weight excluding hydrogens is 314 g/mol. The maximum absolute atomic E-state index is 12.7. The predicted molar refractivity (Wildman–Crippen MR) is 95.9 cm³/mol. The molecule has 1 N–H and O–H groups in total. The molecule has 2 aliphatic heterocycles. The van der Waals surface area contributed by atoms with Gasteiger partial charge in [-0.05, 0) is 50.7 Å². The molecule has 3 fully saturated rings. The quantitative estimate of drug-likeness (QED) is 0.890.